The summed E-state index contributed by atoms with van der Waals surface area (Å²) in [6.45, 7) is 11.4. The molecule has 3 unspecified atom stereocenters. The van der Waals surface area contributed by atoms with Crippen LogP contribution in [-0.4, -0.2) is 63.1 Å². The molecule has 0 radical (unpaired) electrons. The molecule has 2 aliphatic heterocycles. The molecular weight excluding hydrogens is 604 g/mol. The van der Waals surface area contributed by atoms with Gasteiger partial charge in [0.25, 0.3) is 0 Å². The molecule has 0 amide bonds. The normalized spacial score (nSPS) is 17.9. The molecule has 0 spiro atoms. The Morgan fingerprint density at radius 2 is 0.958 bits per heavy atom. The Morgan fingerprint density at radius 3 is 1.42 bits per heavy atom. The molecule has 7 nitrogen and oxygen atoms in total. The van der Waals surface area contributed by atoms with Gasteiger partial charge in [-0.2, -0.15) is 0 Å². The van der Waals surface area contributed by atoms with Crippen LogP contribution in [0.2, 0.25) is 0 Å². The lowest BCUT2D eigenvalue weighted by atomic mass is 9.95. The summed E-state index contributed by atoms with van der Waals surface area (Å²) < 4.78 is 34.3. The van der Waals surface area contributed by atoms with E-state index >= 15 is 0 Å². The summed E-state index contributed by atoms with van der Waals surface area (Å²) in [6.07, 6.45) is 1.41. The van der Waals surface area contributed by atoms with Crippen molar-refractivity contribution in [1.29, 1.82) is 0 Å². The third-order valence-electron chi connectivity index (χ3n) is 8.91. The molecule has 0 saturated carbocycles. The first-order valence-electron chi connectivity index (χ1n) is 16.9. The van der Waals surface area contributed by atoms with Gasteiger partial charge >= 0.3 is 0 Å². The molecule has 4 aromatic rings. The molecular formula is C41H48O7. The van der Waals surface area contributed by atoms with Crippen molar-refractivity contribution in [3.63, 3.8) is 0 Å². The highest BCUT2D eigenvalue weighted by Crippen LogP contribution is 2.28. The Morgan fingerprint density at radius 1 is 0.562 bits per heavy atom. The Labute approximate surface area is 284 Å². The van der Waals surface area contributed by atoms with Crippen molar-refractivity contribution < 1.29 is 33.5 Å². The summed E-state index contributed by atoms with van der Waals surface area (Å²) in [7, 11) is 0. The molecule has 254 valence electrons. The van der Waals surface area contributed by atoms with Crippen LogP contribution in [0.5, 0.6) is 11.5 Å². The minimum absolute atomic E-state index is 0.152. The lowest BCUT2D eigenvalue weighted by molar-refractivity contribution is -0.0717. The van der Waals surface area contributed by atoms with Crippen molar-refractivity contribution in [1.82, 2.24) is 0 Å². The largest absolute Gasteiger partial charge is 0.491 e. The molecule has 0 aromatic heterocycles. The minimum Gasteiger partial charge on any atom is -0.491 e. The molecule has 2 aliphatic rings. The molecule has 3 atom stereocenters. The molecule has 7 heteroatoms. The number of benzene rings is 4. The lowest BCUT2D eigenvalue weighted by Crippen LogP contribution is -2.30. The van der Waals surface area contributed by atoms with Gasteiger partial charge in [0.2, 0.25) is 0 Å². The second kappa shape index (κ2) is 15.2. The molecule has 1 N–H and O–H groups in total. The maximum absolute atomic E-state index is 10.6. The van der Waals surface area contributed by atoms with E-state index in [0.29, 0.717) is 13.2 Å². The standard InChI is InChI=1S/C41H48O7/c1-40(2,33-13-5-29(6-14-33)22-32-11-19-37(20-12-32)44-25-38-26-45-38)47-24-35(42)23-43-36-17-9-31(10-18-36)21-30-7-15-34(16-8-30)41(3,4)48-28-39-27-46-39/h5-20,35,38-39,42H,21-28H2,1-4H3. The van der Waals surface area contributed by atoms with Gasteiger partial charge in [0.15, 0.2) is 0 Å². The maximum Gasteiger partial charge on any atom is 0.119 e. The maximum atomic E-state index is 10.6. The zero-order valence-corrected chi connectivity index (χ0v) is 28.5. The molecule has 0 aliphatic carbocycles. The highest BCUT2D eigenvalue weighted by Gasteiger charge is 2.28. The predicted molar refractivity (Wildman–Crippen MR) is 186 cm³/mol. The predicted octanol–water partition coefficient (Wildman–Crippen LogP) is 6.99. The van der Waals surface area contributed by atoms with Crippen LogP contribution in [0.4, 0.5) is 0 Å². The summed E-state index contributed by atoms with van der Waals surface area (Å²) in [5.41, 5.74) is 6.16. The zero-order valence-electron chi connectivity index (χ0n) is 28.5. The quantitative estimate of drug-likeness (QED) is 0.116. The Bertz CT molecular complexity index is 1570. The number of hydrogen-bond donors (Lipinski definition) is 1. The Balaban J connectivity index is 0.910. The van der Waals surface area contributed by atoms with Gasteiger partial charge in [-0.15, -0.1) is 0 Å². The summed E-state index contributed by atoms with van der Waals surface area (Å²) in [4.78, 5) is 0. The number of aliphatic hydroxyl groups is 1. The van der Waals surface area contributed by atoms with Crippen LogP contribution in [0.1, 0.15) is 61.1 Å². The lowest BCUT2D eigenvalue weighted by Gasteiger charge is -2.27. The van der Waals surface area contributed by atoms with Crippen molar-refractivity contribution in [2.45, 2.75) is 70.1 Å². The highest BCUT2D eigenvalue weighted by molar-refractivity contribution is 5.35. The fourth-order valence-corrected chi connectivity index (χ4v) is 5.46. The van der Waals surface area contributed by atoms with E-state index in [1.807, 2.05) is 38.1 Å². The second-order valence-electron chi connectivity index (χ2n) is 13.9. The van der Waals surface area contributed by atoms with Gasteiger partial charge in [-0.1, -0.05) is 72.8 Å². The molecule has 2 fully saturated rings. The third-order valence-corrected chi connectivity index (χ3v) is 8.91. The van der Waals surface area contributed by atoms with Crippen LogP contribution >= 0.6 is 0 Å². The minimum atomic E-state index is -0.754. The van der Waals surface area contributed by atoms with Crippen LogP contribution < -0.4 is 9.47 Å². The smallest absolute Gasteiger partial charge is 0.119 e. The van der Waals surface area contributed by atoms with Crippen LogP contribution in [0.15, 0.2) is 97.1 Å². The van der Waals surface area contributed by atoms with Gasteiger partial charge in [0.05, 0.1) is 37.6 Å². The van der Waals surface area contributed by atoms with Gasteiger partial charge in [-0.3, -0.25) is 0 Å². The third kappa shape index (κ3) is 10.1. The molecule has 4 aromatic carbocycles. The van der Waals surface area contributed by atoms with Crippen LogP contribution in [0, 0.1) is 0 Å². The van der Waals surface area contributed by atoms with Crippen molar-refractivity contribution in [2.75, 3.05) is 39.6 Å². The van der Waals surface area contributed by atoms with E-state index in [4.69, 9.17) is 28.4 Å². The second-order valence-corrected chi connectivity index (χ2v) is 13.9. The number of rotatable bonds is 18. The van der Waals surface area contributed by atoms with Crippen LogP contribution in [-0.2, 0) is 43.0 Å². The first-order valence-corrected chi connectivity index (χ1v) is 16.9. The number of ether oxygens (including phenoxy) is 6. The molecule has 2 saturated heterocycles. The first-order chi connectivity index (χ1) is 23.1. The molecule has 48 heavy (non-hydrogen) atoms. The first kappa shape index (κ1) is 34.2. The molecule has 2 heterocycles. The van der Waals surface area contributed by atoms with E-state index < -0.39 is 11.7 Å². The Hall–Kier alpha value is -3.72. The fraction of sp³-hybridized carbons (Fsp3) is 0.415. The van der Waals surface area contributed by atoms with Crippen molar-refractivity contribution >= 4 is 0 Å². The number of hydrogen-bond acceptors (Lipinski definition) is 7. The highest BCUT2D eigenvalue weighted by atomic mass is 16.6. The summed E-state index contributed by atoms with van der Waals surface area (Å²) in [6, 6.07) is 33.3. The molecule has 0 bridgehead atoms. The Kier molecular flexibility index (Phi) is 10.8. The van der Waals surface area contributed by atoms with Gasteiger partial charge < -0.3 is 33.5 Å². The average Bonchev–Trinajstić information content (AvgIpc) is 4.03. The zero-order chi connectivity index (χ0) is 33.6. The number of epoxide rings is 2. The van der Waals surface area contributed by atoms with Crippen molar-refractivity contribution in [3.05, 3.63) is 130 Å². The van der Waals surface area contributed by atoms with E-state index in [2.05, 4.69) is 86.6 Å². The van der Waals surface area contributed by atoms with E-state index in [1.54, 1.807) is 0 Å². The van der Waals surface area contributed by atoms with Gasteiger partial charge in [-0.05, 0) is 98.2 Å². The van der Waals surface area contributed by atoms with Crippen LogP contribution in [0.25, 0.3) is 0 Å². The summed E-state index contributed by atoms with van der Waals surface area (Å²) >= 11 is 0. The van der Waals surface area contributed by atoms with Crippen LogP contribution in [0.3, 0.4) is 0 Å². The summed E-state index contributed by atoms with van der Waals surface area (Å²) in [5, 5.41) is 10.6. The van der Waals surface area contributed by atoms with E-state index in [-0.39, 0.29) is 31.0 Å². The summed E-state index contributed by atoms with van der Waals surface area (Å²) in [5.74, 6) is 1.59. The number of aliphatic hydroxyl groups excluding tert-OH is 1. The van der Waals surface area contributed by atoms with Gasteiger partial charge in [0, 0.05) is 0 Å². The van der Waals surface area contributed by atoms with Crippen molar-refractivity contribution in [2.24, 2.45) is 0 Å². The van der Waals surface area contributed by atoms with E-state index in [9.17, 15) is 5.11 Å². The van der Waals surface area contributed by atoms with E-state index in [0.717, 1.165) is 48.7 Å². The SMILES string of the molecule is CC(C)(OCC(O)COc1ccc(Cc2ccc(C(C)(C)OCC3CO3)cc2)cc1)c1ccc(Cc2ccc(OCC3CO3)cc2)cc1. The topological polar surface area (TPSA) is 82.2 Å². The van der Waals surface area contributed by atoms with Gasteiger partial charge in [-0.25, -0.2) is 0 Å². The van der Waals surface area contributed by atoms with Crippen molar-refractivity contribution in [3.8, 4) is 11.5 Å². The fourth-order valence-electron chi connectivity index (χ4n) is 5.46. The van der Waals surface area contributed by atoms with E-state index in [1.165, 1.54) is 22.3 Å². The van der Waals surface area contributed by atoms with Gasteiger partial charge in [0.1, 0.15) is 43.0 Å². The monoisotopic (exact) mass is 652 g/mol. The molecule has 6 rings (SSSR count). The average molecular weight is 653 g/mol.